The number of halogens is 2. The molecule has 17 heavy (non-hydrogen) atoms. The number of aromatic nitrogens is 2. The fourth-order valence-electron chi connectivity index (χ4n) is 1.10. The summed E-state index contributed by atoms with van der Waals surface area (Å²) in [6, 6.07) is 6.22. The van der Waals surface area contributed by atoms with E-state index in [2.05, 4.69) is 4.98 Å². The first-order valence-electron chi connectivity index (χ1n) is 5.19. The Morgan fingerprint density at radius 2 is 1.65 bits per heavy atom. The molecule has 2 rings (SSSR count). The van der Waals surface area contributed by atoms with Gasteiger partial charge in [-0.05, 0) is 25.1 Å². The van der Waals surface area contributed by atoms with Crippen molar-refractivity contribution < 1.29 is 13.3 Å². The molecule has 0 N–H and O–H groups in total. The second kappa shape index (κ2) is 6.03. The van der Waals surface area contributed by atoms with Gasteiger partial charge in [-0.2, -0.15) is 0 Å². The SMILES string of the molecule is Cc1ccc(F)c[n+]1C.Cc1ccc(F)cn1. The minimum atomic E-state index is -0.282. The van der Waals surface area contributed by atoms with E-state index in [0.717, 1.165) is 11.4 Å². The molecule has 0 saturated carbocycles. The van der Waals surface area contributed by atoms with Gasteiger partial charge in [-0.1, -0.05) is 0 Å². The minimum Gasteiger partial charge on any atom is -0.259 e. The summed E-state index contributed by atoms with van der Waals surface area (Å²) in [6.07, 6.45) is 2.66. The highest BCUT2D eigenvalue weighted by atomic mass is 19.1. The Morgan fingerprint density at radius 3 is 2.06 bits per heavy atom. The van der Waals surface area contributed by atoms with Gasteiger partial charge in [0.05, 0.1) is 6.20 Å². The van der Waals surface area contributed by atoms with Crippen LogP contribution >= 0.6 is 0 Å². The summed E-state index contributed by atoms with van der Waals surface area (Å²) >= 11 is 0. The van der Waals surface area contributed by atoms with Crippen LogP contribution in [0.5, 0.6) is 0 Å². The van der Waals surface area contributed by atoms with Crippen molar-refractivity contribution in [1.82, 2.24) is 4.98 Å². The zero-order chi connectivity index (χ0) is 12.8. The molecule has 0 atom stereocenters. The molecule has 0 radical (unpaired) electrons. The molecule has 0 saturated heterocycles. The van der Waals surface area contributed by atoms with Crippen molar-refractivity contribution in [3.8, 4) is 0 Å². The molecule has 2 heterocycles. The van der Waals surface area contributed by atoms with Crippen LogP contribution in [0.2, 0.25) is 0 Å². The lowest BCUT2D eigenvalue weighted by Crippen LogP contribution is -2.31. The van der Waals surface area contributed by atoms with E-state index in [0.29, 0.717) is 0 Å². The van der Waals surface area contributed by atoms with E-state index in [4.69, 9.17) is 0 Å². The quantitative estimate of drug-likeness (QED) is 0.643. The van der Waals surface area contributed by atoms with E-state index in [-0.39, 0.29) is 11.6 Å². The second-order valence-corrected chi connectivity index (χ2v) is 3.72. The Bertz CT molecular complexity index is 460. The monoisotopic (exact) mass is 237 g/mol. The Labute approximate surface area is 99.6 Å². The number of aryl methyl sites for hydroxylation is 3. The molecule has 0 aliphatic heterocycles. The molecule has 2 aromatic heterocycles. The number of hydrogen-bond donors (Lipinski definition) is 0. The zero-order valence-electron chi connectivity index (χ0n) is 10.1. The maximum Gasteiger partial charge on any atom is 0.204 e. The van der Waals surface area contributed by atoms with E-state index in [1.54, 1.807) is 16.7 Å². The van der Waals surface area contributed by atoms with Crippen LogP contribution < -0.4 is 4.57 Å². The van der Waals surface area contributed by atoms with Crippen LogP contribution in [0.25, 0.3) is 0 Å². The topological polar surface area (TPSA) is 16.8 Å². The van der Waals surface area contributed by atoms with Gasteiger partial charge in [-0.3, -0.25) is 4.98 Å². The van der Waals surface area contributed by atoms with Gasteiger partial charge in [0.15, 0.2) is 11.5 Å². The average molecular weight is 237 g/mol. The molecule has 0 aliphatic rings. The van der Waals surface area contributed by atoms with Crippen molar-refractivity contribution in [2.24, 2.45) is 7.05 Å². The average Bonchev–Trinajstić information content (AvgIpc) is 2.29. The molecule has 2 aromatic rings. The maximum atomic E-state index is 12.3. The van der Waals surface area contributed by atoms with Gasteiger partial charge in [0.1, 0.15) is 12.9 Å². The van der Waals surface area contributed by atoms with Crippen LogP contribution in [-0.4, -0.2) is 4.98 Å². The predicted molar refractivity (Wildman–Crippen MR) is 61.2 cm³/mol. The van der Waals surface area contributed by atoms with Crippen LogP contribution in [-0.2, 0) is 7.05 Å². The summed E-state index contributed by atoms with van der Waals surface area (Å²) in [5.41, 5.74) is 1.89. The first-order chi connectivity index (χ1) is 7.99. The number of rotatable bonds is 0. The molecule has 0 fully saturated rings. The molecule has 2 nitrogen and oxygen atoms in total. The number of nitrogens with zero attached hydrogens (tertiary/aromatic N) is 2. The van der Waals surface area contributed by atoms with E-state index >= 15 is 0 Å². The van der Waals surface area contributed by atoms with Gasteiger partial charge in [0, 0.05) is 18.7 Å². The first-order valence-corrected chi connectivity index (χ1v) is 5.19. The zero-order valence-corrected chi connectivity index (χ0v) is 10.1. The molecular formula is C13H15F2N2+. The van der Waals surface area contributed by atoms with Crippen molar-refractivity contribution in [1.29, 1.82) is 0 Å². The summed E-state index contributed by atoms with van der Waals surface area (Å²) < 4.78 is 26.1. The highest BCUT2D eigenvalue weighted by Gasteiger charge is 1.99. The smallest absolute Gasteiger partial charge is 0.204 e. The summed E-state index contributed by atoms with van der Waals surface area (Å²) in [4.78, 5) is 3.70. The van der Waals surface area contributed by atoms with Crippen molar-refractivity contribution in [3.05, 3.63) is 59.7 Å². The normalized spacial score (nSPS) is 9.47. The maximum absolute atomic E-state index is 12.3. The molecule has 4 heteroatoms. The fraction of sp³-hybridized carbons (Fsp3) is 0.231. The number of pyridine rings is 2. The van der Waals surface area contributed by atoms with Crippen LogP contribution in [0.4, 0.5) is 8.78 Å². The lowest BCUT2D eigenvalue weighted by molar-refractivity contribution is -0.679. The third-order valence-corrected chi connectivity index (χ3v) is 2.23. The van der Waals surface area contributed by atoms with Gasteiger partial charge in [0.25, 0.3) is 0 Å². The van der Waals surface area contributed by atoms with Crippen molar-refractivity contribution in [2.45, 2.75) is 13.8 Å². The molecule has 0 bridgehead atoms. The van der Waals surface area contributed by atoms with Gasteiger partial charge >= 0.3 is 0 Å². The van der Waals surface area contributed by atoms with Gasteiger partial charge < -0.3 is 0 Å². The summed E-state index contributed by atoms with van der Waals surface area (Å²) in [6.45, 7) is 3.75. The molecule has 0 unspecified atom stereocenters. The highest BCUT2D eigenvalue weighted by molar-refractivity contribution is 5.02. The van der Waals surface area contributed by atoms with Crippen molar-refractivity contribution >= 4 is 0 Å². The lowest BCUT2D eigenvalue weighted by atomic mass is 10.4. The highest BCUT2D eigenvalue weighted by Crippen LogP contribution is 1.94. The Balaban J connectivity index is 0.000000171. The Kier molecular flexibility index (Phi) is 4.69. The van der Waals surface area contributed by atoms with E-state index in [1.165, 1.54) is 24.5 Å². The van der Waals surface area contributed by atoms with E-state index in [1.807, 2.05) is 20.9 Å². The minimum absolute atomic E-state index is 0.192. The third-order valence-electron chi connectivity index (χ3n) is 2.23. The van der Waals surface area contributed by atoms with Crippen LogP contribution in [0.1, 0.15) is 11.4 Å². The predicted octanol–water partition coefficient (Wildman–Crippen LogP) is 2.49. The summed E-state index contributed by atoms with van der Waals surface area (Å²) in [7, 11) is 1.82. The summed E-state index contributed by atoms with van der Waals surface area (Å²) in [5, 5.41) is 0. The van der Waals surface area contributed by atoms with E-state index in [9.17, 15) is 8.78 Å². The molecule has 0 spiro atoms. The van der Waals surface area contributed by atoms with Crippen molar-refractivity contribution in [3.63, 3.8) is 0 Å². The lowest BCUT2D eigenvalue weighted by Gasteiger charge is -1.89. The summed E-state index contributed by atoms with van der Waals surface area (Å²) in [5.74, 6) is -0.473. The van der Waals surface area contributed by atoms with Gasteiger partial charge in [-0.25, -0.2) is 13.3 Å². The van der Waals surface area contributed by atoms with Crippen LogP contribution in [0.3, 0.4) is 0 Å². The van der Waals surface area contributed by atoms with Gasteiger partial charge in [0.2, 0.25) is 6.20 Å². The fourth-order valence-corrected chi connectivity index (χ4v) is 1.10. The van der Waals surface area contributed by atoms with Crippen LogP contribution in [0, 0.1) is 25.5 Å². The standard InChI is InChI=1S/C7H9FN.C6H6FN/c1-6-3-4-7(8)5-9(6)2;1-5-2-3-6(7)4-8-5/h3-5H,1-2H3;2-4H,1H3/q+1;. The van der Waals surface area contributed by atoms with Crippen LogP contribution in [0.15, 0.2) is 36.7 Å². The van der Waals surface area contributed by atoms with E-state index < -0.39 is 0 Å². The second-order valence-electron chi connectivity index (χ2n) is 3.72. The van der Waals surface area contributed by atoms with Crippen molar-refractivity contribution in [2.75, 3.05) is 0 Å². The first kappa shape index (κ1) is 13.2. The largest absolute Gasteiger partial charge is 0.259 e. The third kappa shape index (κ3) is 4.68. The van der Waals surface area contributed by atoms with Gasteiger partial charge in [-0.15, -0.1) is 0 Å². The Morgan fingerprint density at radius 1 is 1.00 bits per heavy atom. The molecule has 0 aliphatic carbocycles. The molecule has 0 aromatic carbocycles. The molecule has 90 valence electrons. The number of hydrogen-bond acceptors (Lipinski definition) is 1. The molecule has 0 amide bonds. The molecular weight excluding hydrogens is 222 g/mol. The Hall–Kier alpha value is -1.84.